The van der Waals surface area contributed by atoms with Gasteiger partial charge in [-0.2, -0.15) is 0 Å². The summed E-state index contributed by atoms with van der Waals surface area (Å²) in [5.74, 6) is -1.89. The maximum Gasteiger partial charge on any atom is 0.272 e. The van der Waals surface area contributed by atoms with Gasteiger partial charge in [0.05, 0.1) is 0 Å². The van der Waals surface area contributed by atoms with E-state index in [9.17, 15) is 18.8 Å². The number of halogens is 3. The lowest BCUT2D eigenvalue weighted by Gasteiger charge is -2.12. The first-order valence-corrected chi connectivity index (χ1v) is 12.5. The third-order valence-corrected chi connectivity index (χ3v) is 6.22. The van der Waals surface area contributed by atoms with Gasteiger partial charge >= 0.3 is 0 Å². The second-order valence-electron chi connectivity index (χ2n) is 8.26. The summed E-state index contributed by atoms with van der Waals surface area (Å²) in [5.41, 5.74) is 1.64. The zero-order valence-electron chi connectivity index (χ0n) is 20.3. The summed E-state index contributed by atoms with van der Waals surface area (Å²) in [6.07, 6.45) is 4.07. The summed E-state index contributed by atoms with van der Waals surface area (Å²) < 4.78 is 13.8. The molecule has 4 rings (SSSR count). The fourth-order valence-corrected chi connectivity index (χ4v) is 4.03. The third kappa shape index (κ3) is 7.29. The Hall–Kier alpha value is -4.52. The second kappa shape index (κ2) is 12.8. The van der Waals surface area contributed by atoms with Crippen molar-refractivity contribution in [3.05, 3.63) is 147 Å². The van der Waals surface area contributed by atoms with Crippen molar-refractivity contribution in [2.45, 2.75) is 0 Å². The minimum Gasteiger partial charge on any atom is -0.321 e. The molecule has 0 aliphatic rings. The summed E-state index contributed by atoms with van der Waals surface area (Å²) >= 11 is 12.6. The van der Waals surface area contributed by atoms with Crippen molar-refractivity contribution in [2.75, 3.05) is 5.32 Å². The molecular weight excluding hydrogens is 538 g/mol. The van der Waals surface area contributed by atoms with E-state index in [0.717, 1.165) is 0 Å². The predicted molar refractivity (Wildman–Crippen MR) is 153 cm³/mol. The standard InChI is InChI=1S/C31H21Cl2FN2O3/c32-25-10-6-11-26(33)24(25)19-28(36-30(38)22-8-2-1-3-9-22)31(39)35-23-16-13-21(14-17-23)29(37)18-15-20-7-4-5-12-27(20)34/h1-19H,(H,35,39)(H,36,38)/b18-15+,28-19-. The van der Waals surface area contributed by atoms with E-state index in [-0.39, 0.29) is 11.5 Å². The number of nitrogens with one attached hydrogen (secondary N) is 2. The Bertz CT molecular complexity index is 1560. The predicted octanol–water partition coefficient (Wildman–Crippen LogP) is 7.44. The molecule has 0 bridgehead atoms. The highest BCUT2D eigenvalue weighted by Gasteiger charge is 2.17. The molecule has 4 aromatic rings. The molecule has 4 aromatic carbocycles. The number of ketones is 1. The van der Waals surface area contributed by atoms with Crippen molar-refractivity contribution >= 4 is 58.6 Å². The van der Waals surface area contributed by atoms with E-state index in [1.54, 1.807) is 78.9 Å². The van der Waals surface area contributed by atoms with Crippen molar-refractivity contribution in [3.63, 3.8) is 0 Å². The first-order chi connectivity index (χ1) is 18.8. The summed E-state index contributed by atoms with van der Waals surface area (Å²) in [6, 6.07) is 25.6. The number of hydrogen-bond donors (Lipinski definition) is 2. The van der Waals surface area contributed by atoms with Crippen molar-refractivity contribution in [2.24, 2.45) is 0 Å². The first kappa shape index (κ1) is 27.5. The summed E-state index contributed by atoms with van der Waals surface area (Å²) in [4.78, 5) is 38.5. The number of carbonyl (C=O) groups is 3. The van der Waals surface area contributed by atoms with Crippen LogP contribution < -0.4 is 10.6 Å². The van der Waals surface area contributed by atoms with Crippen LogP contribution >= 0.6 is 23.2 Å². The molecule has 2 amide bonds. The smallest absolute Gasteiger partial charge is 0.272 e. The van der Waals surface area contributed by atoms with Crippen molar-refractivity contribution in [3.8, 4) is 0 Å². The topological polar surface area (TPSA) is 75.3 Å². The quantitative estimate of drug-likeness (QED) is 0.174. The molecule has 2 N–H and O–H groups in total. The third-order valence-electron chi connectivity index (χ3n) is 5.56. The van der Waals surface area contributed by atoms with Crippen molar-refractivity contribution < 1.29 is 18.8 Å². The molecule has 0 aromatic heterocycles. The van der Waals surface area contributed by atoms with Gasteiger partial charge < -0.3 is 10.6 Å². The van der Waals surface area contributed by atoms with E-state index in [0.29, 0.717) is 38.0 Å². The number of benzene rings is 4. The van der Waals surface area contributed by atoms with E-state index in [4.69, 9.17) is 23.2 Å². The monoisotopic (exact) mass is 558 g/mol. The van der Waals surface area contributed by atoms with Gasteiger partial charge in [-0.15, -0.1) is 0 Å². The molecule has 0 aliphatic heterocycles. The molecule has 0 saturated carbocycles. The van der Waals surface area contributed by atoms with Gasteiger partial charge in [0.15, 0.2) is 5.78 Å². The number of rotatable bonds is 8. The molecule has 0 aliphatic carbocycles. The number of allylic oxidation sites excluding steroid dienone is 1. The molecule has 0 fully saturated rings. The fourth-order valence-electron chi connectivity index (χ4n) is 3.52. The Kier molecular flexibility index (Phi) is 9.05. The molecule has 5 nitrogen and oxygen atoms in total. The van der Waals surface area contributed by atoms with E-state index >= 15 is 0 Å². The fraction of sp³-hybridized carbons (Fsp3) is 0. The summed E-state index contributed by atoms with van der Waals surface area (Å²) in [5, 5.41) is 5.92. The molecule has 0 atom stereocenters. The Morgan fingerprint density at radius 2 is 1.36 bits per heavy atom. The largest absolute Gasteiger partial charge is 0.321 e. The highest BCUT2D eigenvalue weighted by Crippen LogP contribution is 2.27. The van der Waals surface area contributed by atoms with E-state index < -0.39 is 17.6 Å². The molecular formula is C31H21Cl2FN2O3. The molecule has 194 valence electrons. The van der Waals surface area contributed by atoms with Crippen LogP contribution in [0, 0.1) is 5.82 Å². The van der Waals surface area contributed by atoms with Crippen LogP contribution in [0.25, 0.3) is 12.2 Å². The van der Waals surface area contributed by atoms with Gasteiger partial charge in [0.25, 0.3) is 11.8 Å². The van der Waals surface area contributed by atoms with Crippen LogP contribution in [0.5, 0.6) is 0 Å². The molecule has 39 heavy (non-hydrogen) atoms. The highest BCUT2D eigenvalue weighted by atomic mass is 35.5. The zero-order valence-corrected chi connectivity index (χ0v) is 21.8. The van der Waals surface area contributed by atoms with E-state index in [1.807, 2.05) is 0 Å². The molecule has 0 unspecified atom stereocenters. The lowest BCUT2D eigenvalue weighted by molar-refractivity contribution is -0.113. The SMILES string of the molecule is O=C(Nc1ccc(C(=O)/C=C/c2ccccc2F)cc1)/C(=C/c1c(Cl)cccc1Cl)NC(=O)c1ccccc1. The zero-order chi connectivity index (χ0) is 27.8. The van der Waals surface area contributed by atoms with E-state index in [2.05, 4.69) is 10.6 Å². The Morgan fingerprint density at radius 1 is 0.718 bits per heavy atom. The number of hydrogen-bond acceptors (Lipinski definition) is 3. The highest BCUT2D eigenvalue weighted by molar-refractivity contribution is 6.37. The molecule has 0 radical (unpaired) electrons. The van der Waals surface area contributed by atoms with Crippen LogP contribution in [0.15, 0.2) is 109 Å². The summed E-state index contributed by atoms with van der Waals surface area (Å²) in [6.45, 7) is 0. The van der Waals surface area contributed by atoms with Crippen LogP contribution in [0.3, 0.4) is 0 Å². The maximum absolute atomic E-state index is 13.8. The van der Waals surface area contributed by atoms with Gasteiger partial charge in [-0.1, -0.05) is 65.7 Å². The Balaban J connectivity index is 1.53. The van der Waals surface area contributed by atoms with Crippen LogP contribution in [0.1, 0.15) is 31.8 Å². The molecule has 0 spiro atoms. The second-order valence-corrected chi connectivity index (χ2v) is 9.08. The lowest BCUT2D eigenvalue weighted by Crippen LogP contribution is -2.30. The number of amides is 2. The van der Waals surface area contributed by atoms with Crippen LogP contribution in [0.4, 0.5) is 10.1 Å². The van der Waals surface area contributed by atoms with Crippen LogP contribution in [-0.4, -0.2) is 17.6 Å². The lowest BCUT2D eigenvalue weighted by atomic mass is 10.1. The Morgan fingerprint density at radius 3 is 2.03 bits per heavy atom. The average Bonchev–Trinajstić information content (AvgIpc) is 2.94. The van der Waals surface area contributed by atoms with Gasteiger partial charge in [-0.05, 0) is 72.8 Å². The van der Waals surface area contributed by atoms with Gasteiger partial charge in [0.2, 0.25) is 0 Å². The minimum absolute atomic E-state index is 0.0909. The number of anilines is 1. The summed E-state index contributed by atoms with van der Waals surface area (Å²) in [7, 11) is 0. The maximum atomic E-state index is 13.8. The number of carbonyl (C=O) groups excluding carboxylic acids is 3. The van der Waals surface area contributed by atoms with Crippen LogP contribution in [-0.2, 0) is 4.79 Å². The van der Waals surface area contributed by atoms with Gasteiger partial charge in [-0.3, -0.25) is 14.4 Å². The van der Waals surface area contributed by atoms with E-state index in [1.165, 1.54) is 36.4 Å². The van der Waals surface area contributed by atoms with Crippen molar-refractivity contribution in [1.82, 2.24) is 5.32 Å². The molecule has 8 heteroatoms. The van der Waals surface area contributed by atoms with Gasteiger partial charge in [-0.25, -0.2) is 4.39 Å². The molecule has 0 heterocycles. The van der Waals surface area contributed by atoms with Gasteiger partial charge in [0.1, 0.15) is 11.5 Å². The first-order valence-electron chi connectivity index (χ1n) is 11.7. The Labute approximate surface area is 234 Å². The molecule has 0 saturated heterocycles. The van der Waals surface area contributed by atoms with Gasteiger partial charge in [0, 0.05) is 38.0 Å². The van der Waals surface area contributed by atoms with Crippen molar-refractivity contribution in [1.29, 1.82) is 0 Å². The average molecular weight is 559 g/mol. The normalized spacial score (nSPS) is 11.3. The minimum atomic E-state index is -0.631. The van der Waals surface area contributed by atoms with Crippen LogP contribution in [0.2, 0.25) is 10.0 Å².